The number of hydrogen-bond donors (Lipinski definition) is 0. The maximum Gasteiger partial charge on any atom is 0.147 e. The lowest BCUT2D eigenvalue weighted by Crippen LogP contribution is -1.97. The maximum atomic E-state index is 8.65. The molecular weight excluding hydrogens is 448 g/mol. The van der Waals surface area contributed by atoms with Gasteiger partial charge in [0.2, 0.25) is 0 Å². The van der Waals surface area contributed by atoms with E-state index in [4.69, 9.17) is 12.1 Å². The predicted octanol–water partition coefficient (Wildman–Crippen LogP) is 9.01. The Labute approximate surface area is 210 Å². The van der Waals surface area contributed by atoms with Crippen LogP contribution in [-0.2, 0) is 6.37 Å². The van der Waals surface area contributed by atoms with Crippen LogP contribution in [0, 0.1) is 5.92 Å². The number of para-hydroxylation sites is 3. The molecule has 0 radical (unpaired) electrons. The first-order valence-corrected chi connectivity index (χ1v) is 12.7. The van der Waals surface area contributed by atoms with Gasteiger partial charge in [0.1, 0.15) is 17.0 Å². The van der Waals surface area contributed by atoms with Crippen LogP contribution in [0.5, 0.6) is 0 Å². The summed E-state index contributed by atoms with van der Waals surface area (Å²) in [6.07, 6.45) is -1.42. The van der Waals surface area contributed by atoms with Crippen molar-refractivity contribution in [1.82, 2.24) is 9.55 Å². The lowest BCUT2D eigenvalue weighted by Gasteiger charge is -2.10. The number of benzene rings is 4. The van der Waals surface area contributed by atoms with Crippen LogP contribution < -0.4 is 0 Å². The Kier molecular flexibility index (Phi) is 4.12. The molecule has 0 N–H and O–H groups in total. The summed E-state index contributed by atoms with van der Waals surface area (Å²) in [5.41, 5.74) is 6.31. The lowest BCUT2D eigenvalue weighted by molar-refractivity contribution is 0.648. The summed E-state index contributed by atoms with van der Waals surface area (Å²) in [6, 6.07) is 28.6. The zero-order valence-corrected chi connectivity index (χ0v) is 20.3. The van der Waals surface area contributed by atoms with Gasteiger partial charge < -0.3 is 4.42 Å². The second-order valence-electron chi connectivity index (χ2n) is 9.20. The van der Waals surface area contributed by atoms with Gasteiger partial charge >= 0.3 is 0 Å². The lowest BCUT2D eigenvalue weighted by atomic mass is 10.0. The van der Waals surface area contributed by atoms with Gasteiger partial charge in [0.25, 0.3) is 0 Å². The Balaban J connectivity index is 1.49. The molecule has 4 heteroatoms. The zero-order chi connectivity index (χ0) is 25.3. The van der Waals surface area contributed by atoms with E-state index in [-0.39, 0.29) is 5.92 Å². The second-order valence-corrected chi connectivity index (χ2v) is 10.1. The van der Waals surface area contributed by atoms with E-state index >= 15 is 0 Å². The maximum absolute atomic E-state index is 8.65. The van der Waals surface area contributed by atoms with Crippen molar-refractivity contribution in [1.29, 1.82) is 0 Å². The molecule has 3 heterocycles. The minimum absolute atomic E-state index is 0.132. The van der Waals surface area contributed by atoms with E-state index in [0.29, 0.717) is 5.56 Å². The molecule has 0 amide bonds. The summed E-state index contributed by atoms with van der Waals surface area (Å²) in [5, 5.41) is 5.35. The Bertz CT molecular complexity index is 1960. The van der Waals surface area contributed by atoms with Crippen LogP contribution in [0.3, 0.4) is 0 Å². The van der Waals surface area contributed by atoms with Crippen molar-refractivity contribution in [3.05, 3.63) is 95.9 Å². The molecular formula is C31H24N2OS. The Morgan fingerprint density at radius 2 is 1.71 bits per heavy atom. The summed E-state index contributed by atoms with van der Waals surface area (Å²) in [6.45, 7) is 3.85. The standard InChI is InChI=1S/C31H24N2OS/c1-19(2)15-20-11-14-30-24(16-20)25(18-35-30)31-32-26-8-4-5-9-27(26)33(31)21-12-13-23-22-7-3-6-10-28(22)34-29(23)17-21/h3-14,16-19H,15H2,1-2H3/i15D2. The van der Waals surface area contributed by atoms with E-state index in [1.165, 1.54) is 0 Å². The molecule has 4 aromatic carbocycles. The third kappa shape index (κ3) is 3.28. The molecule has 0 fully saturated rings. The normalized spacial score (nSPS) is 13.3. The summed E-state index contributed by atoms with van der Waals surface area (Å²) in [7, 11) is 0. The molecule has 0 aliphatic carbocycles. The van der Waals surface area contributed by atoms with Gasteiger partial charge in [-0.15, -0.1) is 11.3 Å². The average molecular weight is 475 g/mol. The number of rotatable bonds is 4. The molecule has 35 heavy (non-hydrogen) atoms. The highest BCUT2D eigenvalue weighted by molar-refractivity contribution is 7.17. The molecule has 0 atom stereocenters. The largest absolute Gasteiger partial charge is 0.456 e. The fraction of sp³-hybridized carbons (Fsp3) is 0.129. The van der Waals surface area contributed by atoms with E-state index in [0.717, 1.165) is 60.1 Å². The van der Waals surface area contributed by atoms with Gasteiger partial charge in [-0.3, -0.25) is 4.57 Å². The summed E-state index contributed by atoms with van der Waals surface area (Å²) < 4.78 is 26.8. The van der Waals surface area contributed by atoms with E-state index in [1.807, 2.05) is 68.4 Å². The van der Waals surface area contributed by atoms with Crippen molar-refractivity contribution in [3.63, 3.8) is 0 Å². The number of nitrogens with zero attached hydrogens (tertiary/aromatic N) is 2. The predicted molar refractivity (Wildman–Crippen MR) is 148 cm³/mol. The van der Waals surface area contributed by atoms with Crippen molar-refractivity contribution in [2.45, 2.75) is 20.2 Å². The second kappa shape index (κ2) is 7.82. The van der Waals surface area contributed by atoms with Gasteiger partial charge in [-0.2, -0.15) is 0 Å². The van der Waals surface area contributed by atoms with E-state index in [9.17, 15) is 0 Å². The molecule has 170 valence electrons. The molecule has 0 saturated heterocycles. The first-order valence-electron chi connectivity index (χ1n) is 12.8. The van der Waals surface area contributed by atoms with Crippen LogP contribution in [-0.4, -0.2) is 9.55 Å². The average Bonchev–Trinajstić information content (AvgIpc) is 3.60. The van der Waals surface area contributed by atoms with E-state index in [2.05, 4.69) is 40.3 Å². The van der Waals surface area contributed by atoms with E-state index < -0.39 is 6.37 Å². The molecule has 7 aromatic rings. The monoisotopic (exact) mass is 474 g/mol. The molecule has 0 unspecified atom stereocenters. The molecule has 0 aliphatic heterocycles. The highest BCUT2D eigenvalue weighted by Crippen LogP contribution is 2.38. The molecule has 0 bridgehead atoms. The van der Waals surface area contributed by atoms with Crippen LogP contribution in [0.25, 0.3) is 60.1 Å². The highest BCUT2D eigenvalue weighted by Gasteiger charge is 2.19. The molecule has 3 nitrogen and oxygen atoms in total. The molecule has 3 aromatic heterocycles. The zero-order valence-electron chi connectivity index (χ0n) is 21.4. The van der Waals surface area contributed by atoms with Crippen molar-refractivity contribution in [3.8, 4) is 17.1 Å². The van der Waals surface area contributed by atoms with Gasteiger partial charge in [-0.1, -0.05) is 50.2 Å². The van der Waals surface area contributed by atoms with Gasteiger partial charge in [0.05, 0.1) is 16.7 Å². The van der Waals surface area contributed by atoms with Crippen LogP contribution in [0.4, 0.5) is 0 Å². The molecule has 0 aliphatic rings. The topological polar surface area (TPSA) is 31.0 Å². The van der Waals surface area contributed by atoms with Crippen molar-refractivity contribution in [2.24, 2.45) is 5.92 Å². The van der Waals surface area contributed by atoms with Gasteiger partial charge in [0, 0.05) is 40.6 Å². The smallest absolute Gasteiger partial charge is 0.147 e. The number of thiophene rings is 1. The van der Waals surface area contributed by atoms with Crippen molar-refractivity contribution < 1.29 is 7.16 Å². The van der Waals surface area contributed by atoms with E-state index in [1.54, 1.807) is 11.3 Å². The number of hydrogen-bond acceptors (Lipinski definition) is 3. The van der Waals surface area contributed by atoms with Gasteiger partial charge in [0.15, 0.2) is 0 Å². The Morgan fingerprint density at radius 3 is 2.63 bits per heavy atom. The number of fused-ring (bicyclic) bond motifs is 5. The van der Waals surface area contributed by atoms with Crippen molar-refractivity contribution in [2.75, 3.05) is 0 Å². The Hall–Kier alpha value is -3.89. The van der Waals surface area contributed by atoms with Crippen LogP contribution >= 0.6 is 11.3 Å². The van der Waals surface area contributed by atoms with Gasteiger partial charge in [-0.25, -0.2) is 4.98 Å². The summed E-state index contributed by atoms with van der Waals surface area (Å²) in [4.78, 5) is 5.08. The number of aromatic nitrogens is 2. The summed E-state index contributed by atoms with van der Waals surface area (Å²) in [5.74, 6) is 0.706. The van der Waals surface area contributed by atoms with Gasteiger partial charge in [-0.05, 0) is 60.3 Å². The fourth-order valence-corrected chi connectivity index (χ4v) is 5.87. The number of furan rings is 1. The summed E-state index contributed by atoms with van der Waals surface area (Å²) >= 11 is 1.66. The third-order valence-corrected chi connectivity index (χ3v) is 7.41. The Morgan fingerprint density at radius 1 is 0.886 bits per heavy atom. The first kappa shape index (κ1) is 18.4. The fourth-order valence-electron chi connectivity index (χ4n) is 4.95. The van der Waals surface area contributed by atoms with Crippen LogP contribution in [0.1, 0.15) is 22.2 Å². The minimum atomic E-state index is -1.42. The quantitative estimate of drug-likeness (QED) is 0.255. The third-order valence-electron chi connectivity index (χ3n) is 6.45. The minimum Gasteiger partial charge on any atom is -0.456 e. The van der Waals surface area contributed by atoms with Crippen LogP contribution in [0.15, 0.2) is 94.7 Å². The SMILES string of the molecule is [2H]C([2H])(c1ccc2scc(-c3nc4ccccc4n3-c3ccc4c(c3)oc3ccccc34)c2c1)C(C)C. The number of imidazole rings is 1. The first-order chi connectivity index (χ1) is 17.9. The van der Waals surface area contributed by atoms with Crippen LogP contribution in [0.2, 0.25) is 0 Å². The van der Waals surface area contributed by atoms with Crippen molar-refractivity contribution >= 4 is 54.4 Å². The highest BCUT2D eigenvalue weighted by atomic mass is 32.1. The molecule has 0 spiro atoms. The molecule has 7 rings (SSSR count). The molecule has 0 saturated carbocycles.